The normalized spacial score (nSPS) is 17.2. The summed E-state index contributed by atoms with van der Waals surface area (Å²) in [6.45, 7) is 13.0. The molecule has 3 aromatic rings. The van der Waals surface area contributed by atoms with E-state index in [9.17, 15) is 27.6 Å². The van der Waals surface area contributed by atoms with Crippen molar-refractivity contribution in [2.75, 3.05) is 42.8 Å². The average Bonchev–Trinajstić information content (AvgIpc) is 3.68. The van der Waals surface area contributed by atoms with E-state index >= 15 is 4.39 Å². The van der Waals surface area contributed by atoms with E-state index in [4.69, 9.17) is 31.7 Å². The number of hydrogen-bond acceptors (Lipinski definition) is 9. The molecule has 1 aromatic heterocycles. The number of likely N-dealkylation sites (tertiary alicyclic amines) is 1. The van der Waals surface area contributed by atoms with E-state index < -0.39 is 51.7 Å². The Kier molecular flexibility index (Phi) is 13.9. The van der Waals surface area contributed by atoms with Gasteiger partial charge in [-0.05, 0) is 107 Å². The minimum atomic E-state index is -5.18. The number of carbonyl (C=O) groups excluding carboxylic acids is 3. The maximum absolute atomic E-state index is 15.3. The topological polar surface area (TPSA) is 137 Å². The molecule has 2 aromatic carbocycles. The van der Waals surface area contributed by atoms with Gasteiger partial charge in [-0.25, -0.2) is 9.37 Å². The second-order valence-corrected chi connectivity index (χ2v) is 16.3. The van der Waals surface area contributed by atoms with Crippen LogP contribution >= 0.6 is 12.2 Å². The number of unbranched alkanes of at least 4 members (excludes halogenated alkanes) is 1. The average molecular weight is 841 g/mol. The molecule has 3 amide bonds. The van der Waals surface area contributed by atoms with Crippen molar-refractivity contribution < 1.29 is 46.2 Å². The van der Waals surface area contributed by atoms with Gasteiger partial charge in [-0.1, -0.05) is 20.8 Å². The van der Waals surface area contributed by atoms with Crippen LogP contribution in [-0.2, 0) is 20.5 Å². The van der Waals surface area contributed by atoms with Crippen LogP contribution in [0.2, 0.25) is 0 Å². The fourth-order valence-corrected chi connectivity index (χ4v) is 7.45. The molecule has 0 bridgehead atoms. The lowest BCUT2D eigenvalue weighted by atomic mass is 9.85. The first-order valence-corrected chi connectivity index (χ1v) is 19.7. The van der Waals surface area contributed by atoms with Gasteiger partial charge in [0.05, 0.1) is 42.4 Å². The van der Waals surface area contributed by atoms with E-state index in [1.54, 1.807) is 36.4 Å². The second-order valence-electron chi connectivity index (χ2n) is 15.9. The fourth-order valence-electron chi connectivity index (χ4n) is 6.93. The number of nitrogens with zero attached hydrogens (tertiary/aromatic N) is 5. The quantitative estimate of drug-likeness (QED) is 0.0935. The van der Waals surface area contributed by atoms with Crippen LogP contribution < -0.4 is 24.6 Å². The Labute approximate surface area is 346 Å². The predicted octanol–water partition coefficient (Wildman–Crippen LogP) is 7.44. The van der Waals surface area contributed by atoms with Crippen LogP contribution in [0.15, 0.2) is 54.7 Å². The van der Waals surface area contributed by atoms with Crippen molar-refractivity contribution in [2.45, 2.75) is 91.0 Å². The second kappa shape index (κ2) is 18.3. The predicted molar refractivity (Wildman–Crippen MR) is 216 cm³/mol. The van der Waals surface area contributed by atoms with Crippen molar-refractivity contribution >= 4 is 46.4 Å². The zero-order valence-electron chi connectivity index (χ0n) is 33.8. The molecule has 5 rings (SSSR count). The number of thiocarbonyl (C=S) groups is 1. The molecule has 2 unspecified atom stereocenters. The maximum Gasteiger partial charge on any atom is 0.420 e. The van der Waals surface area contributed by atoms with Gasteiger partial charge in [0.25, 0.3) is 11.8 Å². The van der Waals surface area contributed by atoms with Gasteiger partial charge in [-0.2, -0.15) is 18.4 Å². The lowest BCUT2D eigenvalue weighted by molar-refractivity contribution is -0.140. The summed E-state index contributed by atoms with van der Waals surface area (Å²) in [4.78, 5) is 48.1. The molecule has 2 saturated heterocycles. The Morgan fingerprint density at radius 3 is 2.31 bits per heavy atom. The van der Waals surface area contributed by atoms with E-state index in [0.29, 0.717) is 67.7 Å². The Bertz CT molecular complexity index is 2070. The summed E-state index contributed by atoms with van der Waals surface area (Å²) >= 11 is 5.48. The van der Waals surface area contributed by atoms with Crippen molar-refractivity contribution in [1.82, 2.24) is 15.2 Å². The molecule has 17 heteroatoms. The van der Waals surface area contributed by atoms with E-state index in [2.05, 4.69) is 10.3 Å². The van der Waals surface area contributed by atoms with Gasteiger partial charge in [-0.15, -0.1) is 0 Å². The number of ether oxygens (including phenoxy) is 3. The fraction of sp³-hybridized carbons (Fsp3) is 0.476. The molecule has 3 heterocycles. The largest absolute Gasteiger partial charge is 0.491 e. The number of amides is 3. The van der Waals surface area contributed by atoms with E-state index in [-0.39, 0.29) is 28.8 Å². The summed E-state index contributed by atoms with van der Waals surface area (Å²) in [6, 6.07) is 12.4. The van der Waals surface area contributed by atoms with Gasteiger partial charge < -0.3 is 29.3 Å². The number of benzene rings is 2. The Morgan fingerprint density at radius 1 is 1.02 bits per heavy atom. The smallest absolute Gasteiger partial charge is 0.420 e. The molecule has 12 nitrogen and oxygen atoms in total. The van der Waals surface area contributed by atoms with Crippen LogP contribution in [0.25, 0.3) is 0 Å². The van der Waals surface area contributed by atoms with Gasteiger partial charge in [0, 0.05) is 30.8 Å². The molecule has 2 atom stereocenters. The molecule has 0 radical (unpaired) electrons. The molecule has 0 saturated carbocycles. The van der Waals surface area contributed by atoms with Crippen molar-refractivity contribution in [3.63, 3.8) is 0 Å². The Balaban J connectivity index is 1.03. The lowest BCUT2D eigenvalue weighted by Gasteiger charge is -2.35. The van der Waals surface area contributed by atoms with Crippen molar-refractivity contribution in [2.24, 2.45) is 5.41 Å². The summed E-state index contributed by atoms with van der Waals surface area (Å²) in [6.07, 6.45) is -0.534. The van der Waals surface area contributed by atoms with E-state index in [0.717, 1.165) is 25.0 Å². The van der Waals surface area contributed by atoms with Crippen LogP contribution in [0, 0.1) is 22.6 Å². The number of carbonyl (C=O) groups is 3. The summed E-state index contributed by atoms with van der Waals surface area (Å²) in [5.74, 6) is -2.07. The summed E-state index contributed by atoms with van der Waals surface area (Å²) < 4.78 is 73.5. The first-order valence-electron chi connectivity index (χ1n) is 19.3. The SMILES string of the molecule is CC1CCCN1C(=O)C(NC(=O)c1ccc(OCCOCCCCOc2ccc(N3C(=S)N(c4ccc(C#N)c(C(F)(F)F)c4F)C(=O)C3(C)C)cn2)cc1)C(C)(C)C. The number of pyridine rings is 1. The van der Waals surface area contributed by atoms with E-state index in [1.807, 2.05) is 32.6 Å². The number of aromatic nitrogens is 1. The monoisotopic (exact) mass is 840 g/mol. The number of rotatable bonds is 15. The van der Waals surface area contributed by atoms with Gasteiger partial charge in [0.1, 0.15) is 29.5 Å². The third-order valence-electron chi connectivity index (χ3n) is 10.2. The number of alkyl halides is 3. The van der Waals surface area contributed by atoms with Crippen LogP contribution in [-0.4, -0.2) is 83.3 Å². The molecule has 316 valence electrons. The number of halogens is 4. The highest BCUT2D eigenvalue weighted by molar-refractivity contribution is 7.81. The minimum Gasteiger partial charge on any atom is -0.491 e. The third-order valence-corrected chi connectivity index (χ3v) is 10.5. The summed E-state index contributed by atoms with van der Waals surface area (Å²) in [5, 5.41) is 11.8. The lowest BCUT2D eigenvalue weighted by Crippen LogP contribution is -2.55. The zero-order chi connectivity index (χ0) is 43.3. The first kappa shape index (κ1) is 44.8. The van der Waals surface area contributed by atoms with E-state index in [1.165, 1.54) is 31.0 Å². The van der Waals surface area contributed by atoms with Crippen LogP contribution in [0.1, 0.15) is 88.7 Å². The molecule has 2 aliphatic heterocycles. The highest BCUT2D eigenvalue weighted by atomic mass is 32.1. The molecular weight excluding hydrogens is 793 g/mol. The number of nitrogens with one attached hydrogen (secondary N) is 1. The Morgan fingerprint density at radius 2 is 1.71 bits per heavy atom. The summed E-state index contributed by atoms with van der Waals surface area (Å²) in [5.41, 5.74) is -4.53. The molecular formula is C42H48F4N6O6S. The van der Waals surface area contributed by atoms with Crippen molar-refractivity contribution in [3.05, 3.63) is 77.2 Å². The van der Waals surface area contributed by atoms with Gasteiger partial charge >= 0.3 is 6.18 Å². The van der Waals surface area contributed by atoms with Crippen molar-refractivity contribution in [3.8, 4) is 17.7 Å². The Hall–Kier alpha value is -5.34. The molecule has 0 spiro atoms. The molecule has 59 heavy (non-hydrogen) atoms. The van der Waals surface area contributed by atoms with Crippen LogP contribution in [0.5, 0.6) is 11.6 Å². The minimum absolute atomic E-state index is 0.0582. The molecule has 1 N–H and O–H groups in total. The molecule has 2 aliphatic rings. The van der Waals surface area contributed by atoms with Gasteiger partial charge in [-0.3, -0.25) is 19.3 Å². The molecule has 0 aliphatic carbocycles. The molecule has 2 fully saturated rings. The zero-order valence-corrected chi connectivity index (χ0v) is 34.6. The van der Waals surface area contributed by atoms with Gasteiger partial charge in [0.15, 0.2) is 10.9 Å². The van der Waals surface area contributed by atoms with Crippen molar-refractivity contribution in [1.29, 1.82) is 5.26 Å². The third kappa shape index (κ3) is 10.1. The standard InChI is InChI=1S/C42H48F4N6O6S/c1-26-10-9-19-50(26)37(54)35(40(2,3)4)49-36(53)27-11-15-30(16-12-27)57-23-22-56-20-7-8-21-58-32-18-14-29(25-48-32)52-39(59)51(38(55)41(52,5)6)31-17-13-28(24-47)33(34(31)43)42(44,45)46/h11-18,25-26,35H,7-10,19-23H2,1-6H3,(H,49,53). The highest BCUT2D eigenvalue weighted by Gasteiger charge is 2.52. The highest BCUT2D eigenvalue weighted by Crippen LogP contribution is 2.42. The van der Waals surface area contributed by atoms with Gasteiger partial charge in [0.2, 0.25) is 11.8 Å². The summed E-state index contributed by atoms with van der Waals surface area (Å²) in [7, 11) is 0. The number of hydrogen-bond donors (Lipinski definition) is 1. The maximum atomic E-state index is 15.3. The number of anilines is 2. The van der Waals surface area contributed by atoms with Crippen LogP contribution in [0.3, 0.4) is 0 Å². The number of nitriles is 1. The van der Waals surface area contributed by atoms with Crippen LogP contribution in [0.4, 0.5) is 28.9 Å². The first-order chi connectivity index (χ1) is 27.8.